The molecule has 1 aromatic heterocycles. The van der Waals surface area contributed by atoms with E-state index in [9.17, 15) is 9.59 Å². The standard InChI is InChI=1S/C24H31N5O3/c1-17-18(24(31)27-19-9-3-4-11-21(19)32-2)15-25-23(26-17)20-10-5-6-14-29(20)22(30)16-28-12-7-8-13-28/h3-4,9,11,15,20H,5-8,10,12-14,16H2,1-2H3,(H,27,31). The van der Waals surface area contributed by atoms with E-state index in [-0.39, 0.29) is 17.9 Å². The van der Waals surface area contributed by atoms with Gasteiger partial charge in [0.05, 0.1) is 36.6 Å². The lowest BCUT2D eigenvalue weighted by atomic mass is 10.0. The molecule has 8 heteroatoms. The molecule has 2 fully saturated rings. The van der Waals surface area contributed by atoms with Crippen molar-refractivity contribution in [2.75, 3.05) is 38.6 Å². The van der Waals surface area contributed by atoms with Gasteiger partial charge in [-0.25, -0.2) is 9.97 Å². The Hall–Kier alpha value is -3.00. The monoisotopic (exact) mass is 437 g/mol. The van der Waals surface area contributed by atoms with Crippen LogP contribution in [0.3, 0.4) is 0 Å². The fourth-order valence-corrected chi connectivity index (χ4v) is 4.53. The van der Waals surface area contributed by atoms with Gasteiger partial charge in [0.25, 0.3) is 5.91 Å². The van der Waals surface area contributed by atoms with Gasteiger partial charge in [-0.15, -0.1) is 0 Å². The Morgan fingerprint density at radius 1 is 1.12 bits per heavy atom. The van der Waals surface area contributed by atoms with Gasteiger partial charge in [0.15, 0.2) is 5.82 Å². The molecule has 32 heavy (non-hydrogen) atoms. The smallest absolute Gasteiger partial charge is 0.259 e. The fraction of sp³-hybridized carbons (Fsp3) is 0.500. The van der Waals surface area contributed by atoms with Crippen LogP contribution in [0.4, 0.5) is 5.69 Å². The summed E-state index contributed by atoms with van der Waals surface area (Å²) in [5.74, 6) is 1.07. The third kappa shape index (κ3) is 4.91. The van der Waals surface area contributed by atoms with Crippen molar-refractivity contribution in [2.24, 2.45) is 0 Å². The van der Waals surface area contributed by atoms with Crippen molar-refractivity contribution < 1.29 is 14.3 Å². The maximum Gasteiger partial charge on any atom is 0.259 e. The predicted octanol–water partition coefficient (Wildman–Crippen LogP) is 3.20. The second-order valence-corrected chi connectivity index (χ2v) is 8.46. The second-order valence-electron chi connectivity index (χ2n) is 8.46. The number of nitrogens with zero attached hydrogens (tertiary/aromatic N) is 4. The number of nitrogens with one attached hydrogen (secondary N) is 1. The Morgan fingerprint density at radius 2 is 1.88 bits per heavy atom. The van der Waals surface area contributed by atoms with Gasteiger partial charge in [0.1, 0.15) is 5.75 Å². The topological polar surface area (TPSA) is 87.7 Å². The van der Waals surface area contributed by atoms with E-state index in [0.717, 1.165) is 51.7 Å². The number of hydrogen-bond acceptors (Lipinski definition) is 6. The number of amides is 2. The number of carbonyl (C=O) groups is 2. The van der Waals surface area contributed by atoms with Gasteiger partial charge in [0, 0.05) is 12.7 Å². The lowest BCUT2D eigenvalue weighted by molar-refractivity contribution is -0.136. The summed E-state index contributed by atoms with van der Waals surface area (Å²) >= 11 is 0. The number of carbonyl (C=O) groups excluding carboxylic acids is 2. The largest absolute Gasteiger partial charge is 0.495 e. The van der Waals surface area contributed by atoms with Crippen molar-refractivity contribution in [3.63, 3.8) is 0 Å². The van der Waals surface area contributed by atoms with Gasteiger partial charge >= 0.3 is 0 Å². The van der Waals surface area contributed by atoms with Crippen LogP contribution in [0, 0.1) is 6.92 Å². The molecule has 170 valence electrons. The van der Waals surface area contributed by atoms with E-state index in [4.69, 9.17) is 4.74 Å². The number of anilines is 1. The van der Waals surface area contributed by atoms with E-state index in [1.54, 1.807) is 25.4 Å². The van der Waals surface area contributed by atoms with Crippen molar-refractivity contribution in [1.29, 1.82) is 0 Å². The number of aryl methyl sites for hydroxylation is 1. The van der Waals surface area contributed by atoms with E-state index in [1.165, 1.54) is 0 Å². The summed E-state index contributed by atoms with van der Waals surface area (Å²) in [5, 5.41) is 2.87. The number of rotatable bonds is 6. The highest BCUT2D eigenvalue weighted by molar-refractivity contribution is 6.05. The summed E-state index contributed by atoms with van der Waals surface area (Å²) in [4.78, 5) is 39.2. The van der Waals surface area contributed by atoms with Gasteiger partial charge in [0.2, 0.25) is 5.91 Å². The van der Waals surface area contributed by atoms with Gasteiger partial charge in [-0.1, -0.05) is 12.1 Å². The SMILES string of the molecule is COc1ccccc1NC(=O)c1cnc(C2CCCCN2C(=O)CN2CCCC2)nc1C. The Kier molecular flexibility index (Phi) is 6.99. The van der Waals surface area contributed by atoms with E-state index in [2.05, 4.69) is 20.2 Å². The molecule has 1 N–H and O–H groups in total. The van der Waals surface area contributed by atoms with Crippen LogP contribution in [0.1, 0.15) is 60.0 Å². The number of para-hydroxylation sites is 2. The average Bonchev–Trinajstić information content (AvgIpc) is 3.32. The predicted molar refractivity (Wildman–Crippen MR) is 122 cm³/mol. The molecular formula is C24H31N5O3. The van der Waals surface area contributed by atoms with E-state index >= 15 is 0 Å². The van der Waals surface area contributed by atoms with Crippen LogP contribution in [-0.4, -0.2) is 64.9 Å². The van der Waals surface area contributed by atoms with Crippen LogP contribution in [0.25, 0.3) is 0 Å². The molecular weight excluding hydrogens is 406 g/mol. The summed E-state index contributed by atoms with van der Waals surface area (Å²) in [6.45, 7) is 5.00. The minimum absolute atomic E-state index is 0.135. The molecule has 2 amide bonds. The van der Waals surface area contributed by atoms with E-state index < -0.39 is 0 Å². The molecule has 1 aromatic carbocycles. The quantitative estimate of drug-likeness (QED) is 0.747. The fourth-order valence-electron chi connectivity index (χ4n) is 4.53. The molecule has 2 aliphatic heterocycles. The highest BCUT2D eigenvalue weighted by Crippen LogP contribution is 2.30. The minimum Gasteiger partial charge on any atom is -0.495 e. The van der Waals surface area contributed by atoms with Crippen LogP contribution >= 0.6 is 0 Å². The zero-order valence-corrected chi connectivity index (χ0v) is 18.8. The number of aromatic nitrogens is 2. The summed E-state index contributed by atoms with van der Waals surface area (Å²) < 4.78 is 5.31. The first-order chi connectivity index (χ1) is 15.6. The second kappa shape index (κ2) is 10.1. The van der Waals surface area contributed by atoms with Gasteiger partial charge in [-0.2, -0.15) is 0 Å². The summed E-state index contributed by atoms with van der Waals surface area (Å²) in [6, 6.07) is 7.12. The van der Waals surface area contributed by atoms with Crippen molar-refractivity contribution in [3.8, 4) is 5.75 Å². The molecule has 4 rings (SSSR count). The Labute approximate surface area is 189 Å². The number of hydrogen-bond donors (Lipinski definition) is 1. The number of benzene rings is 1. The van der Waals surface area contributed by atoms with Crippen LogP contribution in [0.15, 0.2) is 30.5 Å². The Balaban J connectivity index is 1.49. The molecule has 2 aromatic rings. The normalized spacial score (nSPS) is 19.1. The summed E-state index contributed by atoms with van der Waals surface area (Å²) in [6.07, 6.45) is 6.78. The van der Waals surface area contributed by atoms with Crippen molar-refractivity contribution in [3.05, 3.63) is 47.5 Å². The van der Waals surface area contributed by atoms with Crippen molar-refractivity contribution in [2.45, 2.75) is 45.1 Å². The van der Waals surface area contributed by atoms with Crippen molar-refractivity contribution in [1.82, 2.24) is 19.8 Å². The van der Waals surface area contributed by atoms with Crippen LogP contribution < -0.4 is 10.1 Å². The Bertz CT molecular complexity index is 974. The summed E-state index contributed by atoms with van der Waals surface area (Å²) in [7, 11) is 1.56. The molecule has 8 nitrogen and oxygen atoms in total. The van der Waals surface area contributed by atoms with Gasteiger partial charge in [-0.3, -0.25) is 14.5 Å². The van der Waals surface area contributed by atoms with Gasteiger partial charge in [-0.05, 0) is 64.3 Å². The van der Waals surface area contributed by atoms with E-state index in [1.807, 2.05) is 24.0 Å². The zero-order valence-electron chi connectivity index (χ0n) is 18.8. The summed E-state index contributed by atoms with van der Waals surface area (Å²) in [5.41, 5.74) is 1.60. The molecule has 1 unspecified atom stereocenters. The number of likely N-dealkylation sites (tertiary alicyclic amines) is 2. The average molecular weight is 438 g/mol. The first kappa shape index (κ1) is 22.2. The molecule has 2 saturated heterocycles. The number of ether oxygens (including phenoxy) is 1. The van der Waals surface area contributed by atoms with Crippen LogP contribution in [-0.2, 0) is 4.79 Å². The minimum atomic E-state index is -0.288. The van der Waals surface area contributed by atoms with Gasteiger partial charge < -0.3 is 15.0 Å². The molecule has 3 heterocycles. The lowest BCUT2D eigenvalue weighted by Gasteiger charge is -2.35. The van der Waals surface area contributed by atoms with Crippen LogP contribution in [0.5, 0.6) is 5.75 Å². The third-order valence-electron chi connectivity index (χ3n) is 6.28. The first-order valence-electron chi connectivity index (χ1n) is 11.4. The number of methoxy groups -OCH3 is 1. The number of piperidine rings is 1. The maximum absolute atomic E-state index is 13.0. The lowest BCUT2D eigenvalue weighted by Crippen LogP contribution is -2.44. The first-order valence-corrected chi connectivity index (χ1v) is 11.4. The molecule has 0 radical (unpaired) electrons. The molecule has 1 atom stereocenters. The van der Waals surface area contributed by atoms with E-state index in [0.29, 0.717) is 35.1 Å². The molecule has 2 aliphatic rings. The molecule has 0 bridgehead atoms. The molecule has 0 aliphatic carbocycles. The highest BCUT2D eigenvalue weighted by Gasteiger charge is 2.31. The van der Waals surface area contributed by atoms with Crippen LogP contribution in [0.2, 0.25) is 0 Å². The Morgan fingerprint density at radius 3 is 2.62 bits per heavy atom. The molecule has 0 spiro atoms. The third-order valence-corrected chi connectivity index (χ3v) is 6.28. The highest BCUT2D eigenvalue weighted by atomic mass is 16.5. The van der Waals surface area contributed by atoms with Crippen molar-refractivity contribution >= 4 is 17.5 Å². The molecule has 0 saturated carbocycles. The maximum atomic E-state index is 13.0. The zero-order chi connectivity index (χ0) is 22.5.